The maximum absolute atomic E-state index is 13.0. The molecule has 3 aromatic rings. The summed E-state index contributed by atoms with van der Waals surface area (Å²) < 4.78 is 40.8. The molecule has 0 aliphatic carbocycles. The predicted octanol–water partition coefficient (Wildman–Crippen LogP) is 5.40. The number of aliphatic carboxylic acids is 1. The van der Waals surface area contributed by atoms with Crippen molar-refractivity contribution in [1.82, 2.24) is 9.55 Å². The van der Waals surface area contributed by atoms with Crippen LogP contribution in [0.2, 0.25) is 0 Å². The minimum Gasteiger partial charge on any atom is -0.481 e. The lowest BCUT2D eigenvalue weighted by Crippen LogP contribution is -2.04. The van der Waals surface area contributed by atoms with Crippen LogP contribution < -0.4 is 0 Å². The molecule has 0 atom stereocenters. The number of aryl methyl sites for hydroxylation is 2. The number of hydrogen-bond acceptors (Lipinski definition) is 2. The number of fused-ring (bicyclic) bond motifs is 1. The maximum Gasteiger partial charge on any atom is 0.416 e. The number of alkyl halides is 3. The van der Waals surface area contributed by atoms with E-state index >= 15 is 0 Å². The summed E-state index contributed by atoms with van der Waals surface area (Å²) in [6.07, 6.45) is -1.43. The lowest BCUT2D eigenvalue weighted by Gasteiger charge is -2.10. The fraction of sp³-hybridized carbons (Fsp3) is 0.333. The molecule has 1 N–H and O–H groups in total. The van der Waals surface area contributed by atoms with Gasteiger partial charge in [-0.15, -0.1) is 0 Å². The van der Waals surface area contributed by atoms with Crippen molar-refractivity contribution in [3.63, 3.8) is 0 Å². The fourth-order valence-electron chi connectivity index (χ4n) is 3.25. The third-order valence-electron chi connectivity index (χ3n) is 4.67. The Morgan fingerprint density at radius 2 is 1.82 bits per heavy atom. The first-order valence-electron chi connectivity index (χ1n) is 9.19. The monoisotopic (exact) mass is 390 g/mol. The van der Waals surface area contributed by atoms with Crippen molar-refractivity contribution in [2.24, 2.45) is 0 Å². The molecule has 0 saturated carbocycles. The van der Waals surface area contributed by atoms with Crippen molar-refractivity contribution < 1.29 is 23.1 Å². The van der Waals surface area contributed by atoms with Gasteiger partial charge >= 0.3 is 12.1 Å². The number of benzene rings is 2. The Kier molecular flexibility index (Phi) is 5.72. The van der Waals surface area contributed by atoms with E-state index in [1.54, 1.807) is 0 Å². The van der Waals surface area contributed by atoms with Gasteiger partial charge in [0.05, 0.1) is 16.6 Å². The summed E-state index contributed by atoms with van der Waals surface area (Å²) >= 11 is 0. The SMILES string of the molecule is CCc1nc2cc(C(F)(F)F)ccc2n1-c1ccc(CCCCC(=O)O)cc1. The van der Waals surface area contributed by atoms with Gasteiger partial charge in [0.15, 0.2) is 0 Å². The van der Waals surface area contributed by atoms with Gasteiger partial charge in [0.1, 0.15) is 5.82 Å². The van der Waals surface area contributed by atoms with Crippen molar-refractivity contribution in [3.05, 3.63) is 59.4 Å². The summed E-state index contributed by atoms with van der Waals surface area (Å²) in [5.74, 6) is -0.0911. The van der Waals surface area contributed by atoms with E-state index in [-0.39, 0.29) is 6.42 Å². The molecule has 7 heteroatoms. The molecule has 1 heterocycles. The lowest BCUT2D eigenvalue weighted by atomic mass is 10.1. The van der Waals surface area contributed by atoms with Gasteiger partial charge in [-0.05, 0) is 55.2 Å². The van der Waals surface area contributed by atoms with Crippen molar-refractivity contribution in [2.75, 3.05) is 0 Å². The first-order valence-corrected chi connectivity index (χ1v) is 9.19. The molecule has 28 heavy (non-hydrogen) atoms. The molecule has 148 valence electrons. The van der Waals surface area contributed by atoms with Gasteiger partial charge in [-0.25, -0.2) is 4.98 Å². The van der Waals surface area contributed by atoms with Crippen LogP contribution >= 0.6 is 0 Å². The number of carboxylic acids is 1. The number of unbranched alkanes of at least 4 members (excludes halogenated alkanes) is 1. The molecule has 0 aliphatic heterocycles. The van der Waals surface area contributed by atoms with Crippen molar-refractivity contribution in [1.29, 1.82) is 0 Å². The van der Waals surface area contributed by atoms with Gasteiger partial charge in [-0.2, -0.15) is 13.2 Å². The largest absolute Gasteiger partial charge is 0.481 e. The van der Waals surface area contributed by atoms with Crippen LogP contribution in [0.4, 0.5) is 13.2 Å². The summed E-state index contributed by atoms with van der Waals surface area (Å²) in [6.45, 7) is 1.92. The number of hydrogen-bond donors (Lipinski definition) is 1. The van der Waals surface area contributed by atoms with Crippen LogP contribution in [0, 0.1) is 0 Å². The number of nitrogens with zero attached hydrogens (tertiary/aromatic N) is 2. The number of carboxylic acid groups (broad SMARTS) is 1. The van der Waals surface area contributed by atoms with Crippen LogP contribution in [0.25, 0.3) is 16.7 Å². The zero-order chi connectivity index (χ0) is 20.3. The molecule has 0 aliphatic rings. The molecule has 0 spiro atoms. The quantitative estimate of drug-likeness (QED) is 0.549. The van der Waals surface area contributed by atoms with E-state index in [0.29, 0.717) is 29.7 Å². The third kappa shape index (κ3) is 4.35. The van der Waals surface area contributed by atoms with E-state index in [4.69, 9.17) is 5.11 Å². The van der Waals surface area contributed by atoms with Crippen LogP contribution in [0.1, 0.15) is 43.1 Å². The van der Waals surface area contributed by atoms with Crippen molar-refractivity contribution >= 4 is 17.0 Å². The first-order chi connectivity index (χ1) is 13.3. The van der Waals surface area contributed by atoms with Crippen LogP contribution in [-0.4, -0.2) is 20.6 Å². The molecular formula is C21H21F3N2O2. The molecule has 0 amide bonds. The van der Waals surface area contributed by atoms with E-state index in [1.807, 2.05) is 35.8 Å². The van der Waals surface area contributed by atoms with Gasteiger partial charge in [0.2, 0.25) is 0 Å². The Morgan fingerprint density at radius 1 is 1.11 bits per heavy atom. The number of carbonyl (C=O) groups is 1. The van der Waals surface area contributed by atoms with Gasteiger partial charge in [-0.3, -0.25) is 9.36 Å². The molecule has 1 aromatic heterocycles. The minimum absolute atomic E-state index is 0.166. The molecule has 0 unspecified atom stereocenters. The Balaban J connectivity index is 1.87. The van der Waals surface area contributed by atoms with Crippen molar-refractivity contribution in [3.8, 4) is 5.69 Å². The van der Waals surface area contributed by atoms with E-state index < -0.39 is 17.7 Å². The number of rotatable bonds is 7. The standard InChI is InChI=1S/C21H21F3N2O2/c1-2-19-25-17-13-15(21(22,23)24)9-12-18(17)26(19)16-10-7-14(8-11-16)5-3-4-6-20(27)28/h7-13H,2-6H2,1H3,(H,27,28). The van der Waals surface area contributed by atoms with Crippen LogP contribution in [0.5, 0.6) is 0 Å². The van der Waals surface area contributed by atoms with Crippen LogP contribution in [0.3, 0.4) is 0 Å². The topological polar surface area (TPSA) is 55.1 Å². The maximum atomic E-state index is 13.0. The van der Waals surface area contributed by atoms with Gasteiger partial charge < -0.3 is 5.11 Å². The highest BCUT2D eigenvalue weighted by atomic mass is 19.4. The minimum atomic E-state index is -4.40. The van der Waals surface area contributed by atoms with Gasteiger partial charge in [-0.1, -0.05) is 19.1 Å². The molecule has 3 rings (SSSR count). The average molecular weight is 390 g/mol. The highest BCUT2D eigenvalue weighted by Crippen LogP contribution is 2.32. The zero-order valence-electron chi connectivity index (χ0n) is 15.5. The van der Waals surface area contributed by atoms with Gasteiger partial charge in [0, 0.05) is 18.5 Å². The lowest BCUT2D eigenvalue weighted by molar-refractivity contribution is -0.138. The van der Waals surface area contributed by atoms with E-state index in [0.717, 1.165) is 36.2 Å². The average Bonchev–Trinajstić information content (AvgIpc) is 3.02. The molecule has 0 saturated heterocycles. The number of halogens is 3. The molecule has 0 bridgehead atoms. The molecule has 4 nitrogen and oxygen atoms in total. The molecular weight excluding hydrogens is 369 g/mol. The first kappa shape index (κ1) is 19.9. The molecule has 0 radical (unpaired) electrons. The summed E-state index contributed by atoms with van der Waals surface area (Å²) in [6, 6.07) is 11.4. The second-order valence-corrected chi connectivity index (χ2v) is 6.69. The Labute approximate surface area is 160 Å². The third-order valence-corrected chi connectivity index (χ3v) is 4.67. The van der Waals surface area contributed by atoms with Crippen LogP contribution in [0.15, 0.2) is 42.5 Å². The second-order valence-electron chi connectivity index (χ2n) is 6.69. The zero-order valence-corrected chi connectivity index (χ0v) is 15.5. The molecule has 2 aromatic carbocycles. The molecule has 0 fully saturated rings. The predicted molar refractivity (Wildman–Crippen MR) is 101 cm³/mol. The fourth-order valence-corrected chi connectivity index (χ4v) is 3.25. The Hall–Kier alpha value is -2.83. The Bertz CT molecular complexity index is 976. The van der Waals surface area contributed by atoms with E-state index in [9.17, 15) is 18.0 Å². The summed E-state index contributed by atoms with van der Waals surface area (Å²) in [7, 11) is 0. The summed E-state index contributed by atoms with van der Waals surface area (Å²) in [4.78, 5) is 14.9. The summed E-state index contributed by atoms with van der Waals surface area (Å²) in [5, 5.41) is 8.68. The van der Waals surface area contributed by atoms with Crippen molar-refractivity contribution in [2.45, 2.75) is 45.2 Å². The highest BCUT2D eigenvalue weighted by Gasteiger charge is 2.31. The van der Waals surface area contributed by atoms with E-state index in [1.165, 1.54) is 6.07 Å². The Morgan fingerprint density at radius 3 is 2.43 bits per heavy atom. The smallest absolute Gasteiger partial charge is 0.416 e. The highest BCUT2D eigenvalue weighted by molar-refractivity contribution is 5.79. The summed E-state index contributed by atoms with van der Waals surface area (Å²) in [5.41, 5.74) is 2.19. The second kappa shape index (κ2) is 8.04. The van der Waals surface area contributed by atoms with Gasteiger partial charge in [0.25, 0.3) is 0 Å². The number of aromatic nitrogens is 2. The van der Waals surface area contributed by atoms with E-state index in [2.05, 4.69) is 4.98 Å². The normalized spacial score (nSPS) is 11.9. The number of imidazole rings is 1. The van der Waals surface area contributed by atoms with Crippen LogP contribution in [-0.2, 0) is 23.8 Å².